The Hall–Kier alpha value is -0.0800. The zero-order chi connectivity index (χ0) is 8.39. The van der Waals surface area contributed by atoms with Gasteiger partial charge in [0.25, 0.3) is 0 Å². The lowest BCUT2D eigenvalue weighted by Crippen LogP contribution is -2.48. The van der Waals surface area contributed by atoms with Crippen molar-refractivity contribution in [2.24, 2.45) is 0 Å². The molecule has 0 spiro atoms. The SMILES string of the molecule is CN1CCCCC1CN1CCC1. The van der Waals surface area contributed by atoms with Gasteiger partial charge in [-0.05, 0) is 45.9 Å². The molecule has 0 aromatic heterocycles. The second kappa shape index (κ2) is 3.75. The maximum absolute atomic E-state index is 2.59. The summed E-state index contributed by atoms with van der Waals surface area (Å²) in [5.41, 5.74) is 0. The third-order valence-corrected chi connectivity index (χ3v) is 3.34. The maximum Gasteiger partial charge on any atom is 0.0220 e. The Balaban J connectivity index is 1.76. The van der Waals surface area contributed by atoms with Gasteiger partial charge < -0.3 is 9.80 Å². The van der Waals surface area contributed by atoms with Crippen molar-refractivity contribution < 1.29 is 0 Å². The fourth-order valence-electron chi connectivity index (χ4n) is 2.24. The van der Waals surface area contributed by atoms with Crippen molar-refractivity contribution in [3.05, 3.63) is 0 Å². The first kappa shape index (κ1) is 8.52. The van der Waals surface area contributed by atoms with Gasteiger partial charge in [-0.15, -0.1) is 0 Å². The molecule has 2 rings (SSSR count). The van der Waals surface area contributed by atoms with Crippen LogP contribution >= 0.6 is 0 Å². The minimum atomic E-state index is 0.860. The van der Waals surface area contributed by atoms with E-state index in [4.69, 9.17) is 0 Å². The van der Waals surface area contributed by atoms with Crippen LogP contribution < -0.4 is 0 Å². The van der Waals surface area contributed by atoms with Crippen molar-refractivity contribution in [3.8, 4) is 0 Å². The van der Waals surface area contributed by atoms with E-state index in [1.807, 2.05) is 0 Å². The van der Waals surface area contributed by atoms with E-state index in [-0.39, 0.29) is 0 Å². The molecule has 1 unspecified atom stereocenters. The summed E-state index contributed by atoms with van der Waals surface area (Å²) in [7, 11) is 2.28. The number of rotatable bonds is 2. The molecule has 2 aliphatic heterocycles. The van der Waals surface area contributed by atoms with Gasteiger partial charge in [-0.2, -0.15) is 0 Å². The molecule has 2 aliphatic rings. The fourth-order valence-corrected chi connectivity index (χ4v) is 2.24. The second-order valence-corrected chi connectivity index (χ2v) is 4.28. The van der Waals surface area contributed by atoms with Crippen LogP contribution in [0.4, 0.5) is 0 Å². The van der Waals surface area contributed by atoms with E-state index in [9.17, 15) is 0 Å². The van der Waals surface area contributed by atoms with Crippen molar-refractivity contribution in [2.75, 3.05) is 33.2 Å². The van der Waals surface area contributed by atoms with Crippen molar-refractivity contribution in [1.29, 1.82) is 0 Å². The monoisotopic (exact) mass is 168 g/mol. The van der Waals surface area contributed by atoms with Crippen molar-refractivity contribution in [2.45, 2.75) is 31.7 Å². The van der Waals surface area contributed by atoms with Gasteiger partial charge in [-0.25, -0.2) is 0 Å². The molecule has 0 aromatic rings. The van der Waals surface area contributed by atoms with Crippen LogP contribution in [0, 0.1) is 0 Å². The molecule has 2 heterocycles. The highest BCUT2D eigenvalue weighted by Crippen LogP contribution is 2.18. The molecule has 12 heavy (non-hydrogen) atoms. The van der Waals surface area contributed by atoms with Gasteiger partial charge in [0, 0.05) is 12.6 Å². The molecule has 0 bridgehead atoms. The predicted molar refractivity (Wildman–Crippen MR) is 51.3 cm³/mol. The summed E-state index contributed by atoms with van der Waals surface area (Å²) in [5.74, 6) is 0. The van der Waals surface area contributed by atoms with Gasteiger partial charge in [-0.1, -0.05) is 6.42 Å². The van der Waals surface area contributed by atoms with Crippen LogP contribution in [0.15, 0.2) is 0 Å². The molecule has 2 nitrogen and oxygen atoms in total. The predicted octanol–water partition coefficient (Wildman–Crippen LogP) is 1.18. The van der Waals surface area contributed by atoms with Crippen LogP contribution in [-0.4, -0.2) is 49.1 Å². The highest BCUT2D eigenvalue weighted by Gasteiger charge is 2.23. The standard InChI is InChI=1S/C10H20N2/c1-11-6-3-2-5-10(11)9-12-7-4-8-12/h10H,2-9H2,1H3. The topological polar surface area (TPSA) is 6.48 Å². The summed E-state index contributed by atoms with van der Waals surface area (Å²) in [5, 5.41) is 0. The average molecular weight is 168 g/mol. The average Bonchev–Trinajstić information content (AvgIpc) is 2.00. The zero-order valence-corrected chi connectivity index (χ0v) is 8.13. The molecule has 0 amide bonds. The largest absolute Gasteiger partial charge is 0.302 e. The Kier molecular flexibility index (Phi) is 2.66. The minimum absolute atomic E-state index is 0.860. The van der Waals surface area contributed by atoms with E-state index in [1.165, 1.54) is 51.9 Å². The first-order valence-electron chi connectivity index (χ1n) is 5.29. The maximum atomic E-state index is 2.59. The second-order valence-electron chi connectivity index (χ2n) is 4.28. The number of likely N-dealkylation sites (N-methyl/N-ethyl adjacent to an activating group) is 1. The molecule has 0 aromatic carbocycles. The molecule has 0 aliphatic carbocycles. The number of hydrogen-bond donors (Lipinski definition) is 0. The van der Waals surface area contributed by atoms with E-state index < -0.39 is 0 Å². The van der Waals surface area contributed by atoms with Gasteiger partial charge in [0.15, 0.2) is 0 Å². The molecule has 70 valence electrons. The van der Waals surface area contributed by atoms with E-state index in [0.717, 1.165) is 6.04 Å². The van der Waals surface area contributed by atoms with Crippen LogP contribution in [0.1, 0.15) is 25.7 Å². The van der Waals surface area contributed by atoms with Crippen molar-refractivity contribution in [1.82, 2.24) is 9.80 Å². The Morgan fingerprint density at radius 3 is 2.50 bits per heavy atom. The first-order chi connectivity index (χ1) is 5.86. The summed E-state index contributed by atoms with van der Waals surface area (Å²) in [4.78, 5) is 5.13. The lowest BCUT2D eigenvalue weighted by molar-refractivity contribution is 0.0940. The summed E-state index contributed by atoms with van der Waals surface area (Å²) in [6, 6.07) is 0.860. The normalized spacial score (nSPS) is 33.2. The van der Waals surface area contributed by atoms with Crippen LogP contribution in [0.5, 0.6) is 0 Å². The molecule has 2 heteroatoms. The van der Waals surface area contributed by atoms with Crippen LogP contribution in [0.3, 0.4) is 0 Å². The van der Waals surface area contributed by atoms with Gasteiger partial charge in [0.05, 0.1) is 0 Å². The van der Waals surface area contributed by atoms with Gasteiger partial charge >= 0.3 is 0 Å². The van der Waals surface area contributed by atoms with Crippen LogP contribution in [0.25, 0.3) is 0 Å². The van der Waals surface area contributed by atoms with Crippen molar-refractivity contribution >= 4 is 0 Å². The molecule has 0 N–H and O–H groups in total. The van der Waals surface area contributed by atoms with E-state index >= 15 is 0 Å². The number of likely N-dealkylation sites (tertiary alicyclic amines) is 2. The molecular weight excluding hydrogens is 148 g/mol. The van der Waals surface area contributed by atoms with Gasteiger partial charge in [0.1, 0.15) is 0 Å². The Morgan fingerprint density at radius 2 is 1.92 bits per heavy atom. The zero-order valence-electron chi connectivity index (χ0n) is 8.13. The number of nitrogens with zero attached hydrogens (tertiary/aromatic N) is 2. The molecule has 0 saturated carbocycles. The highest BCUT2D eigenvalue weighted by molar-refractivity contribution is 4.80. The van der Waals surface area contributed by atoms with E-state index in [2.05, 4.69) is 16.8 Å². The lowest BCUT2D eigenvalue weighted by Gasteiger charge is -2.39. The van der Waals surface area contributed by atoms with Crippen LogP contribution in [-0.2, 0) is 0 Å². The molecule has 1 atom stereocenters. The number of piperidine rings is 1. The minimum Gasteiger partial charge on any atom is -0.302 e. The Labute approximate surface area is 75.5 Å². The third-order valence-electron chi connectivity index (χ3n) is 3.34. The third kappa shape index (κ3) is 1.80. The van der Waals surface area contributed by atoms with Crippen molar-refractivity contribution in [3.63, 3.8) is 0 Å². The summed E-state index contributed by atoms with van der Waals surface area (Å²) >= 11 is 0. The quantitative estimate of drug-likeness (QED) is 0.611. The van der Waals surface area contributed by atoms with Gasteiger partial charge in [-0.3, -0.25) is 0 Å². The summed E-state index contributed by atoms with van der Waals surface area (Å²) < 4.78 is 0. The first-order valence-corrected chi connectivity index (χ1v) is 5.29. The summed E-state index contributed by atoms with van der Waals surface area (Å²) in [6.45, 7) is 5.35. The molecule has 0 radical (unpaired) electrons. The lowest BCUT2D eigenvalue weighted by atomic mass is 10.0. The Bertz CT molecular complexity index is 143. The van der Waals surface area contributed by atoms with E-state index in [0.29, 0.717) is 0 Å². The van der Waals surface area contributed by atoms with E-state index in [1.54, 1.807) is 0 Å². The van der Waals surface area contributed by atoms with Crippen LogP contribution in [0.2, 0.25) is 0 Å². The highest BCUT2D eigenvalue weighted by atomic mass is 15.2. The van der Waals surface area contributed by atoms with Gasteiger partial charge in [0.2, 0.25) is 0 Å². The number of hydrogen-bond acceptors (Lipinski definition) is 2. The molecular formula is C10H20N2. The molecule has 2 saturated heterocycles. The summed E-state index contributed by atoms with van der Waals surface area (Å²) in [6.07, 6.45) is 5.71. The Morgan fingerprint density at radius 1 is 1.08 bits per heavy atom. The smallest absolute Gasteiger partial charge is 0.0220 e. The molecule has 2 fully saturated rings. The fraction of sp³-hybridized carbons (Fsp3) is 1.00.